The lowest BCUT2D eigenvalue weighted by atomic mass is 10.3. The van der Waals surface area contributed by atoms with E-state index in [1.807, 2.05) is 0 Å². The molecule has 0 radical (unpaired) electrons. The van der Waals surface area contributed by atoms with Gasteiger partial charge < -0.3 is 5.73 Å². The average molecular weight is 248 g/mol. The number of sulfone groups is 1. The zero-order valence-electron chi connectivity index (χ0n) is 9.08. The van der Waals surface area contributed by atoms with E-state index in [1.165, 1.54) is 12.1 Å². The Hall–Kier alpha value is -1.88. The Morgan fingerprint density at radius 2 is 1.76 bits per heavy atom. The van der Waals surface area contributed by atoms with Crippen LogP contribution in [0.5, 0.6) is 0 Å². The summed E-state index contributed by atoms with van der Waals surface area (Å²) in [4.78, 5) is 4.26. The number of hydrogen-bond acceptors (Lipinski definition) is 4. The summed E-state index contributed by atoms with van der Waals surface area (Å²) in [7, 11) is -3.35. The monoisotopic (exact) mass is 248 g/mol. The molecule has 0 amide bonds. The van der Waals surface area contributed by atoms with Gasteiger partial charge in [0.25, 0.3) is 0 Å². The highest BCUT2D eigenvalue weighted by atomic mass is 32.2. The number of aromatic nitrogens is 1. The van der Waals surface area contributed by atoms with E-state index in [1.54, 1.807) is 36.5 Å². The number of rotatable bonds is 3. The highest BCUT2D eigenvalue weighted by molar-refractivity contribution is 7.90. The van der Waals surface area contributed by atoms with Crippen molar-refractivity contribution in [3.05, 3.63) is 54.4 Å². The molecule has 1 heterocycles. The van der Waals surface area contributed by atoms with Gasteiger partial charge in [-0.15, -0.1) is 0 Å². The maximum Gasteiger partial charge on any atom is 0.184 e. The van der Waals surface area contributed by atoms with E-state index in [-0.39, 0.29) is 10.6 Å². The summed E-state index contributed by atoms with van der Waals surface area (Å²) < 4.78 is 24.1. The van der Waals surface area contributed by atoms with Gasteiger partial charge in [-0.2, -0.15) is 0 Å². The van der Waals surface area contributed by atoms with Gasteiger partial charge in [-0.25, -0.2) is 8.42 Å². The lowest BCUT2D eigenvalue weighted by Crippen LogP contribution is -2.06. The number of benzene rings is 1. The molecule has 0 aliphatic carbocycles. The SMILES string of the molecule is Nc1ccc(S(=O)(=O)Cc2ccccn2)cc1. The van der Waals surface area contributed by atoms with Gasteiger partial charge in [0.15, 0.2) is 9.84 Å². The van der Waals surface area contributed by atoms with Crippen LogP contribution in [0.2, 0.25) is 0 Å². The second-order valence-corrected chi connectivity index (χ2v) is 5.64. The normalized spacial score (nSPS) is 11.3. The van der Waals surface area contributed by atoms with Crippen LogP contribution in [0.3, 0.4) is 0 Å². The lowest BCUT2D eigenvalue weighted by Gasteiger charge is -2.04. The first-order valence-electron chi connectivity index (χ1n) is 5.06. The molecule has 4 nitrogen and oxygen atoms in total. The molecule has 17 heavy (non-hydrogen) atoms. The van der Waals surface area contributed by atoms with Crippen LogP contribution in [0.25, 0.3) is 0 Å². The fraction of sp³-hybridized carbons (Fsp3) is 0.0833. The third-order valence-corrected chi connectivity index (χ3v) is 3.97. The summed E-state index contributed by atoms with van der Waals surface area (Å²) in [6.45, 7) is 0. The minimum Gasteiger partial charge on any atom is -0.399 e. The fourth-order valence-corrected chi connectivity index (χ4v) is 2.71. The Morgan fingerprint density at radius 3 is 2.35 bits per heavy atom. The standard InChI is InChI=1S/C12H12N2O2S/c13-10-4-6-12(7-5-10)17(15,16)9-11-3-1-2-8-14-11/h1-8H,9,13H2. The maximum absolute atomic E-state index is 12.0. The predicted octanol–water partition coefficient (Wildman–Crippen LogP) is 1.64. The first-order valence-corrected chi connectivity index (χ1v) is 6.71. The van der Waals surface area contributed by atoms with E-state index < -0.39 is 9.84 Å². The fourth-order valence-electron chi connectivity index (χ4n) is 1.44. The molecule has 0 saturated heterocycles. The largest absolute Gasteiger partial charge is 0.399 e. The molecule has 0 aliphatic rings. The van der Waals surface area contributed by atoms with Crippen LogP contribution in [0.15, 0.2) is 53.6 Å². The van der Waals surface area contributed by atoms with Crippen molar-refractivity contribution in [2.24, 2.45) is 0 Å². The van der Waals surface area contributed by atoms with Crippen molar-refractivity contribution in [3.8, 4) is 0 Å². The van der Waals surface area contributed by atoms with Crippen molar-refractivity contribution in [1.82, 2.24) is 4.98 Å². The summed E-state index contributed by atoms with van der Waals surface area (Å²) in [5, 5.41) is 0. The molecule has 88 valence electrons. The van der Waals surface area contributed by atoms with Crippen LogP contribution in [0.4, 0.5) is 5.69 Å². The van der Waals surface area contributed by atoms with Crippen molar-refractivity contribution < 1.29 is 8.42 Å². The first kappa shape index (κ1) is 11.6. The smallest absolute Gasteiger partial charge is 0.184 e. The molecule has 0 unspecified atom stereocenters. The molecule has 0 fully saturated rings. The molecule has 0 aliphatic heterocycles. The van der Waals surface area contributed by atoms with E-state index in [4.69, 9.17) is 5.73 Å². The zero-order valence-corrected chi connectivity index (χ0v) is 9.89. The molecule has 0 spiro atoms. The summed E-state index contributed by atoms with van der Waals surface area (Å²) in [6, 6.07) is 11.4. The molecule has 2 N–H and O–H groups in total. The average Bonchev–Trinajstić information content (AvgIpc) is 2.30. The number of nitrogens with zero attached hydrogens (tertiary/aromatic N) is 1. The van der Waals surface area contributed by atoms with Crippen molar-refractivity contribution in [2.45, 2.75) is 10.6 Å². The summed E-state index contributed by atoms with van der Waals surface area (Å²) >= 11 is 0. The number of anilines is 1. The van der Waals surface area contributed by atoms with Gasteiger partial charge >= 0.3 is 0 Å². The Balaban J connectivity index is 2.29. The Labute approximate surface area is 100 Å². The predicted molar refractivity (Wildman–Crippen MR) is 66.0 cm³/mol. The molecule has 1 aromatic carbocycles. The maximum atomic E-state index is 12.0. The molecular weight excluding hydrogens is 236 g/mol. The van der Waals surface area contributed by atoms with Crippen LogP contribution >= 0.6 is 0 Å². The molecule has 0 saturated carbocycles. The Bertz CT molecular complexity index is 592. The number of nitrogens with two attached hydrogens (primary N) is 1. The van der Waals surface area contributed by atoms with Crippen molar-refractivity contribution in [3.63, 3.8) is 0 Å². The second kappa shape index (κ2) is 4.55. The third kappa shape index (κ3) is 2.82. The van der Waals surface area contributed by atoms with Crippen LogP contribution in [0.1, 0.15) is 5.69 Å². The van der Waals surface area contributed by atoms with Crippen LogP contribution in [0, 0.1) is 0 Å². The molecule has 5 heteroatoms. The molecule has 0 bridgehead atoms. The topological polar surface area (TPSA) is 73.1 Å². The van der Waals surface area contributed by atoms with Gasteiger partial charge in [0, 0.05) is 11.9 Å². The highest BCUT2D eigenvalue weighted by Crippen LogP contribution is 2.16. The third-order valence-electron chi connectivity index (χ3n) is 2.30. The van der Waals surface area contributed by atoms with E-state index >= 15 is 0 Å². The van der Waals surface area contributed by atoms with Gasteiger partial charge in [0.05, 0.1) is 16.3 Å². The molecule has 0 atom stereocenters. The van der Waals surface area contributed by atoms with E-state index in [0.29, 0.717) is 11.4 Å². The van der Waals surface area contributed by atoms with E-state index in [0.717, 1.165) is 0 Å². The van der Waals surface area contributed by atoms with Gasteiger partial charge in [-0.3, -0.25) is 4.98 Å². The van der Waals surface area contributed by atoms with Crippen LogP contribution in [-0.2, 0) is 15.6 Å². The summed E-state index contributed by atoms with van der Waals surface area (Å²) in [5.41, 5.74) is 6.59. The van der Waals surface area contributed by atoms with Gasteiger partial charge in [0.1, 0.15) is 0 Å². The second-order valence-electron chi connectivity index (χ2n) is 3.65. The quantitative estimate of drug-likeness (QED) is 0.838. The van der Waals surface area contributed by atoms with Gasteiger partial charge in [-0.05, 0) is 36.4 Å². The van der Waals surface area contributed by atoms with E-state index in [2.05, 4.69) is 4.98 Å². The van der Waals surface area contributed by atoms with Crippen molar-refractivity contribution in [1.29, 1.82) is 0 Å². The zero-order chi connectivity index (χ0) is 12.3. The van der Waals surface area contributed by atoms with Gasteiger partial charge in [-0.1, -0.05) is 6.07 Å². The summed E-state index contributed by atoms with van der Waals surface area (Å²) in [6.07, 6.45) is 1.58. The molecular formula is C12H12N2O2S. The van der Waals surface area contributed by atoms with Crippen LogP contribution < -0.4 is 5.73 Å². The molecule has 1 aromatic heterocycles. The number of pyridine rings is 1. The van der Waals surface area contributed by atoms with Crippen molar-refractivity contribution >= 4 is 15.5 Å². The Kier molecular flexibility index (Phi) is 3.10. The van der Waals surface area contributed by atoms with Crippen LogP contribution in [-0.4, -0.2) is 13.4 Å². The Morgan fingerprint density at radius 1 is 1.06 bits per heavy atom. The number of hydrogen-bond donors (Lipinski definition) is 1. The first-order chi connectivity index (χ1) is 8.08. The van der Waals surface area contributed by atoms with Gasteiger partial charge in [0.2, 0.25) is 0 Å². The molecule has 2 aromatic rings. The minimum absolute atomic E-state index is 0.0994. The highest BCUT2D eigenvalue weighted by Gasteiger charge is 2.15. The molecule has 2 rings (SSSR count). The van der Waals surface area contributed by atoms with Crippen molar-refractivity contribution in [2.75, 3.05) is 5.73 Å². The minimum atomic E-state index is -3.35. The number of nitrogen functional groups attached to an aromatic ring is 1. The van der Waals surface area contributed by atoms with E-state index in [9.17, 15) is 8.42 Å². The summed E-state index contributed by atoms with van der Waals surface area (Å²) in [5.74, 6) is -0.0994. The lowest BCUT2D eigenvalue weighted by molar-refractivity contribution is 0.594.